The van der Waals surface area contributed by atoms with Crippen LogP contribution < -0.4 is 0 Å². The molecule has 0 unspecified atom stereocenters. The van der Waals surface area contributed by atoms with Gasteiger partial charge in [-0.15, -0.1) is 0 Å². The summed E-state index contributed by atoms with van der Waals surface area (Å²) in [6.07, 6.45) is 0. The Hall–Kier alpha value is -1.93. The smallest absolute Gasteiger partial charge is 0.339 e. The highest BCUT2D eigenvalue weighted by molar-refractivity contribution is 7.86. The summed E-state index contributed by atoms with van der Waals surface area (Å²) in [6.45, 7) is 2.93. The maximum Gasteiger partial charge on any atom is 0.339 e. The molecule has 0 saturated heterocycles. The predicted molar refractivity (Wildman–Crippen MR) is 68.4 cm³/mol. The van der Waals surface area contributed by atoms with E-state index in [2.05, 4.69) is 9.47 Å². The molecule has 1 rings (SSSR count). The number of hydrogen-bond donors (Lipinski definition) is 1. The molecule has 0 aliphatic heterocycles. The summed E-state index contributed by atoms with van der Waals surface area (Å²) in [5.74, 6) is -1.94. The standard InChI is InChI=1S/C12H14O7S/c1-6-5-7(2)9(12(14)19-4)10(20(15,16)17)8(6)11(13)18-3/h5H,1-4H3,(H,15,16,17). The van der Waals surface area contributed by atoms with Crippen LogP contribution in [0.2, 0.25) is 0 Å². The van der Waals surface area contributed by atoms with Gasteiger partial charge in [0.25, 0.3) is 10.1 Å². The second kappa shape index (κ2) is 5.59. The second-order valence-electron chi connectivity index (χ2n) is 4.05. The first-order valence-corrected chi connectivity index (χ1v) is 6.87. The van der Waals surface area contributed by atoms with Gasteiger partial charge >= 0.3 is 11.9 Å². The molecule has 8 heteroatoms. The monoisotopic (exact) mass is 302 g/mol. The summed E-state index contributed by atoms with van der Waals surface area (Å²) in [6, 6.07) is 1.44. The number of hydrogen-bond acceptors (Lipinski definition) is 6. The number of rotatable bonds is 3. The third-order valence-electron chi connectivity index (χ3n) is 2.71. The van der Waals surface area contributed by atoms with Crippen molar-refractivity contribution in [3.8, 4) is 0 Å². The Balaban J connectivity index is 3.96. The third kappa shape index (κ3) is 2.81. The van der Waals surface area contributed by atoms with Crippen LogP contribution in [-0.4, -0.2) is 39.1 Å². The summed E-state index contributed by atoms with van der Waals surface area (Å²) < 4.78 is 41.5. The first-order valence-electron chi connectivity index (χ1n) is 5.43. The van der Waals surface area contributed by atoms with Gasteiger partial charge in [-0.05, 0) is 25.0 Å². The Morgan fingerprint density at radius 3 is 1.60 bits per heavy atom. The molecular formula is C12H14O7S. The van der Waals surface area contributed by atoms with Crippen LogP contribution in [0.25, 0.3) is 0 Å². The van der Waals surface area contributed by atoms with Crippen LogP contribution in [0.5, 0.6) is 0 Å². The number of carbonyl (C=O) groups excluding carboxylic acids is 2. The van der Waals surface area contributed by atoms with E-state index in [0.717, 1.165) is 14.2 Å². The summed E-state index contributed by atoms with van der Waals surface area (Å²) in [5.41, 5.74) is -0.258. The first kappa shape index (κ1) is 16.1. The minimum absolute atomic E-state index is 0.259. The Kier molecular flexibility index (Phi) is 4.51. The molecule has 0 atom stereocenters. The summed E-state index contributed by atoms with van der Waals surface area (Å²) in [5, 5.41) is 0. The molecular weight excluding hydrogens is 288 g/mol. The van der Waals surface area contributed by atoms with Gasteiger partial charge in [-0.2, -0.15) is 8.42 Å². The fourth-order valence-corrected chi connectivity index (χ4v) is 2.93. The first-order chi connectivity index (χ1) is 9.15. The normalized spacial score (nSPS) is 11.1. The highest BCUT2D eigenvalue weighted by atomic mass is 32.2. The fraction of sp³-hybridized carbons (Fsp3) is 0.333. The molecule has 0 heterocycles. The lowest BCUT2D eigenvalue weighted by Gasteiger charge is -2.15. The molecule has 0 aliphatic carbocycles. The number of aryl methyl sites for hydroxylation is 2. The molecule has 0 fully saturated rings. The molecule has 0 aliphatic rings. The van der Waals surface area contributed by atoms with Crippen molar-refractivity contribution < 1.29 is 32.0 Å². The molecule has 1 aromatic carbocycles. The molecule has 110 valence electrons. The predicted octanol–water partition coefficient (Wildman–Crippen LogP) is 1.12. The zero-order valence-electron chi connectivity index (χ0n) is 11.4. The molecule has 0 spiro atoms. The van der Waals surface area contributed by atoms with Gasteiger partial charge in [0.1, 0.15) is 4.90 Å². The maximum atomic E-state index is 11.7. The Labute approximate surface area is 116 Å². The van der Waals surface area contributed by atoms with Crippen molar-refractivity contribution in [1.29, 1.82) is 0 Å². The third-order valence-corrected chi connectivity index (χ3v) is 3.64. The number of methoxy groups -OCH3 is 2. The van der Waals surface area contributed by atoms with Crippen LogP contribution in [-0.2, 0) is 19.6 Å². The molecule has 1 N–H and O–H groups in total. The lowest BCUT2D eigenvalue weighted by Crippen LogP contribution is -2.19. The van der Waals surface area contributed by atoms with Gasteiger partial charge < -0.3 is 9.47 Å². The van der Waals surface area contributed by atoms with Gasteiger partial charge in [-0.25, -0.2) is 9.59 Å². The van der Waals surface area contributed by atoms with Gasteiger partial charge in [-0.3, -0.25) is 4.55 Å². The molecule has 0 aromatic heterocycles. The fourth-order valence-electron chi connectivity index (χ4n) is 1.92. The highest BCUT2D eigenvalue weighted by Gasteiger charge is 2.32. The van der Waals surface area contributed by atoms with Gasteiger partial charge in [0.2, 0.25) is 0 Å². The van der Waals surface area contributed by atoms with Crippen molar-refractivity contribution >= 4 is 22.1 Å². The number of benzene rings is 1. The average molecular weight is 302 g/mol. The van der Waals surface area contributed by atoms with Crippen molar-refractivity contribution in [1.82, 2.24) is 0 Å². The molecule has 0 bridgehead atoms. The molecule has 7 nitrogen and oxygen atoms in total. The van der Waals surface area contributed by atoms with E-state index in [9.17, 15) is 22.6 Å². The van der Waals surface area contributed by atoms with E-state index in [0.29, 0.717) is 0 Å². The van der Waals surface area contributed by atoms with Crippen molar-refractivity contribution in [2.24, 2.45) is 0 Å². The SMILES string of the molecule is COC(=O)c1c(C)cc(C)c(C(=O)OC)c1S(=O)(=O)O. The quantitative estimate of drug-likeness (QED) is 0.658. The van der Waals surface area contributed by atoms with E-state index in [1.807, 2.05) is 0 Å². The summed E-state index contributed by atoms with van der Waals surface area (Å²) in [7, 11) is -2.70. The molecule has 0 amide bonds. The Morgan fingerprint density at radius 1 is 1.00 bits per heavy atom. The lowest BCUT2D eigenvalue weighted by atomic mass is 9.99. The largest absolute Gasteiger partial charge is 0.465 e. The van der Waals surface area contributed by atoms with E-state index in [1.165, 1.54) is 19.9 Å². The Morgan fingerprint density at radius 2 is 1.35 bits per heavy atom. The zero-order chi connectivity index (χ0) is 15.7. The minimum atomic E-state index is -4.82. The van der Waals surface area contributed by atoms with Gasteiger partial charge in [-0.1, -0.05) is 6.07 Å². The van der Waals surface area contributed by atoms with Crippen LogP contribution in [0.3, 0.4) is 0 Å². The topological polar surface area (TPSA) is 107 Å². The summed E-state index contributed by atoms with van der Waals surface area (Å²) in [4.78, 5) is 22.7. The lowest BCUT2D eigenvalue weighted by molar-refractivity contribution is 0.0588. The molecule has 1 aromatic rings. The average Bonchev–Trinajstić information content (AvgIpc) is 2.35. The van der Waals surface area contributed by atoms with Crippen LogP contribution in [0.15, 0.2) is 11.0 Å². The number of esters is 2. The van der Waals surface area contributed by atoms with Crippen molar-refractivity contribution in [3.05, 3.63) is 28.3 Å². The number of carbonyl (C=O) groups is 2. The maximum absolute atomic E-state index is 11.7. The van der Waals surface area contributed by atoms with Crippen LogP contribution in [0, 0.1) is 13.8 Å². The van der Waals surface area contributed by atoms with E-state index >= 15 is 0 Å². The molecule has 20 heavy (non-hydrogen) atoms. The van der Waals surface area contributed by atoms with E-state index in [-0.39, 0.29) is 22.3 Å². The van der Waals surface area contributed by atoms with Crippen LogP contribution in [0.4, 0.5) is 0 Å². The molecule has 0 radical (unpaired) electrons. The minimum Gasteiger partial charge on any atom is -0.465 e. The highest BCUT2D eigenvalue weighted by Crippen LogP contribution is 2.28. The van der Waals surface area contributed by atoms with Crippen molar-refractivity contribution in [2.45, 2.75) is 18.7 Å². The second-order valence-corrected chi connectivity index (χ2v) is 5.41. The number of ether oxygens (including phenoxy) is 2. The van der Waals surface area contributed by atoms with Gasteiger partial charge in [0.15, 0.2) is 0 Å². The van der Waals surface area contributed by atoms with Crippen molar-refractivity contribution in [2.75, 3.05) is 14.2 Å². The van der Waals surface area contributed by atoms with Gasteiger partial charge in [0, 0.05) is 0 Å². The summed E-state index contributed by atoms with van der Waals surface area (Å²) >= 11 is 0. The Bertz CT molecular complexity index is 633. The van der Waals surface area contributed by atoms with Crippen LogP contribution >= 0.6 is 0 Å². The van der Waals surface area contributed by atoms with Crippen molar-refractivity contribution in [3.63, 3.8) is 0 Å². The van der Waals surface area contributed by atoms with E-state index in [1.54, 1.807) is 0 Å². The zero-order valence-corrected chi connectivity index (χ0v) is 12.2. The van der Waals surface area contributed by atoms with E-state index in [4.69, 9.17) is 0 Å². The van der Waals surface area contributed by atoms with E-state index < -0.39 is 27.0 Å². The molecule has 0 saturated carbocycles. The van der Waals surface area contributed by atoms with Crippen LogP contribution in [0.1, 0.15) is 31.8 Å². The van der Waals surface area contributed by atoms with Gasteiger partial charge in [0.05, 0.1) is 25.3 Å².